The highest BCUT2D eigenvalue weighted by Gasteiger charge is 2.69. The highest BCUT2D eigenvalue weighted by molar-refractivity contribution is 5.15. The van der Waals surface area contributed by atoms with Crippen LogP contribution < -0.4 is 0 Å². The Labute approximate surface area is 183 Å². The van der Waals surface area contributed by atoms with E-state index in [4.69, 9.17) is 9.47 Å². The van der Waals surface area contributed by atoms with Crippen LogP contribution in [0.5, 0.6) is 0 Å². The molecule has 4 saturated carbocycles. The maximum absolute atomic E-state index is 10.3. The molecular formula is C27H44O3. The van der Waals surface area contributed by atoms with Crippen molar-refractivity contribution in [2.24, 2.45) is 52.3 Å². The minimum atomic E-state index is -0.282. The summed E-state index contributed by atoms with van der Waals surface area (Å²) in [7, 11) is 0. The Morgan fingerprint density at radius 1 is 0.833 bits per heavy atom. The van der Waals surface area contributed by atoms with E-state index in [1.165, 1.54) is 44.9 Å². The van der Waals surface area contributed by atoms with Crippen molar-refractivity contribution in [1.82, 2.24) is 0 Å². The summed E-state index contributed by atoms with van der Waals surface area (Å²) in [5, 5.41) is 10.3. The fourth-order valence-electron chi connectivity index (χ4n) is 10.3. The van der Waals surface area contributed by atoms with Gasteiger partial charge in [-0.1, -0.05) is 27.7 Å². The van der Waals surface area contributed by atoms with E-state index in [-0.39, 0.29) is 11.9 Å². The number of rotatable bonds is 0. The third-order valence-electron chi connectivity index (χ3n) is 11.9. The molecule has 1 N–H and O–H groups in total. The molecule has 0 unspecified atom stereocenters. The van der Waals surface area contributed by atoms with Gasteiger partial charge in [0.15, 0.2) is 5.79 Å². The summed E-state index contributed by atoms with van der Waals surface area (Å²) >= 11 is 0. The molecule has 30 heavy (non-hydrogen) atoms. The summed E-state index contributed by atoms with van der Waals surface area (Å²) in [5.74, 6) is 4.93. The van der Waals surface area contributed by atoms with E-state index in [1.54, 1.807) is 0 Å². The average molecular weight is 417 g/mol. The van der Waals surface area contributed by atoms with Crippen molar-refractivity contribution in [3.8, 4) is 0 Å². The lowest BCUT2D eigenvalue weighted by atomic mass is 9.44. The van der Waals surface area contributed by atoms with E-state index in [2.05, 4.69) is 27.7 Å². The first kappa shape index (κ1) is 20.5. The van der Waals surface area contributed by atoms with Gasteiger partial charge in [0.2, 0.25) is 0 Å². The number of hydrogen-bond acceptors (Lipinski definition) is 3. The highest BCUT2D eigenvalue weighted by atomic mass is 16.7. The zero-order valence-corrected chi connectivity index (χ0v) is 19.7. The van der Waals surface area contributed by atoms with E-state index >= 15 is 0 Å². The summed E-state index contributed by atoms with van der Waals surface area (Å²) in [4.78, 5) is 0. The molecule has 170 valence electrons. The summed E-state index contributed by atoms with van der Waals surface area (Å²) in [6, 6.07) is 0. The van der Waals surface area contributed by atoms with Crippen LogP contribution >= 0.6 is 0 Å². The molecule has 2 heterocycles. The molecule has 0 aromatic rings. The van der Waals surface area contributed by atoms with E-state index in [9.17, 15) is 5.11 Å². The van der Waals surface area contributed by atoms with Gasteiger partial charge in [0.05, 0.1) is 18.8 Å². The second-order valence-electron chi connectivity index (χ2n) is 13.1. The van der Waals surface area contributed by atoms with Gasteiger partial charge in [0.25, 0.3) is 0 Å². The first-order valence-electron chi connectivity index (χ1n) is 13.3. The molecule has 0 bridgehead atoms. The highest BCUT2D eigenvalue weighted by Crippen LogP contribution is 2.71. The summed E-state index contributed by atoms with van der Waals surface area (Å²) < 4.78 is 13.4. The molecule has 3 nitrogen and oxygen atoms in total. The number of aliphatic hydroxyl groups excluding tert-OH is 1. The van der Waals surface area contributed by atoms with Crippen molar-refractivity contribution in [2.75, 3.05) is 6.61 Å². The third-order valence-corrected chi connectivity index (χ3v) is 11.9. The predicted octanol–water partition coefficient (Wildman–Crippen LogP) is 5.79. The van der Waals surface area contributed by atoms with E-state index in [1.807, 2.05) is 0 Å². The molecule has 4 aliphatic carbocycles. The van der Waals surface area contributed by atoms with Crippen LogP contribution in [0.2, 0.25) is 0 Å². The first-order chi connectivity index (χ1) is 14.3. The van der Waals surface area contributed by atoms with Crippen molar-refractivity contribution < 1.29 is 14.6 Å². The molecule has 1 spiro atoms. The van der Waals surface area contributed by atoms with E-state index in [0.717, 1.165) is 49.5 Å². The maximum Gasteiger partial charge on any atom is 0.171 e. The Morgan fingerprint density at radius 2 is 1.63 bits per heavy atom. The molecule has 0 aromatic heterocycles. The lowest BCUT2D eigenvalue weighted by molar-refractivity contribution is -0.273. The van der Waals surface area contributed by atoms with Crippen LogP contribution in [-0.2, 0) is 9.47 Å². The van der Waals surface area contributed by atoms with Crippen molar-refractivity contribution in [3.05, 3.63) is 0 Å². The molecule has 2 saturated heterocycles. The lowest BCUT2D eigenvalue weighted by Gasteiger charge is -2.61. The van der Waals surface area contributed by atoms with Gasteiger partial charge >= 0.3 is 0 Å². The van der Waals surface area contributed by atoms with Gasteiger partial charge in [-0.15, -0.1) is 0 Å². The second-order valence-corrected chi connectivity index (χ2v) is 13.1. The Balaban J connectivity index is 1.26. The number of ether oxygens (including phenoxy) is 2. The van der Waals surface area contributed by atoms with Gasteiger partial charge in [0, 0.05) is 12.3 Å². The molecule has 3 heteroatoms. The monoisotopic (exact) mass is 416 g/mol. The Hall–Kier alpha value is -0.120. The summed E-state index contributed by atoms with van der Waals surface area (Å²) in [5.41, 5.74) is 0.899. The average Bonchev–Trinajstić information content (AvgIpc) is 3.16. The fourth-order valence-corrected chi connectivity index (χ4v) is 10.3. The topological polar surface area (TPSA) is 38.7 Å². The van der Waals surface area contributed by atoms with E-state index < -0.39 is 0 Å². The zero-order chi connectivity index (χ0) is 20.9. The van der Waals surface area contributed by atoms with E-state index in [0.29, 0.717) is 34.7 Å². The Bertz CT molecular complexity index is 684. The molecule has 6 aliphatic rings. The smallest absolute Gasteiger partial charge is 0.171 e. The molecule has 0 amide bonds. The van der Waals surface area contributed by atoms with Gasteiger partial charge < -0.3 is 14.6 Å². The molecule has 6 rings (SSSR count). The van der Waals surface area contributed by atoms with Crippen LogP contribution in [0.4, 0.5) is 0 Å². The SMILES string of the molecule is C[C@@H]1CC[C@@]2(OC1)O[C@H]1C[C@H]3[C@@H]4CC[C@@H]5C[C@@H](O)CC[C@]5(C)[C@H]4CC[C@@]3(C)[C@H]1[C@@H]2C. The molecule has 2 aliphatic heterocycles. The van der Waals surface area contributed by atoms with Crippen molar-refractivity contribution in [3.63, 3.8) is 0 Å². The van der Waals surface area contributed by atoms with Gasteiger partial charge in [-0.25, -0.2) is 0 Å². The fraction of sp³-hybridized carbons (Fsp3) is 1.00. The van der Waals surface area contributed by atoms with Crippen LogP contribution in [0.3, 0.4) is 0 Å². The molecule has 6 fully saturated rings. The largest absolute Gasteiger partial charge is 0.393 e. The second kappa shape index (κ2) is 6.70. The number of aliphatic hydroxyl groups is 1. The minimum Gasteiger partial charge on any atom is -0.393 e. The maximum atomic E-state index is 10.3. The molecular weight excluding hydrogens is 372 g/mol. The van der Waals surface area contributed by atoms with Crippen LogP contribution in [-0.4, -0.2) is 29.7 Å². The normalized spacial score (nSPS) is 62.5. The molecule has 0 aromatic carbocycles. The van der Waals surface area contributed by atoms with Crippen LogP contribution in [0.1, 0.15) is 91.9 Å². The summed E-state index contributed by atoms with van der Waals surface area (Å²) in [6.07, 6.45) is 12.9. The van der Waals surface area contributed by atoms with Crippen LogP contribution in [0, 0.1) is 52.3 Å². The predicted molar refractivity (Wildman–Crippen MR) is 118 cm³/mol. The van der Waals surface area contributed by atoms with Gasteiger partial charge in [-0.05, 0) is 104 Å². The quantitative estimate of drug-likeness (QED) is 0.543. The van der Waals surface area contributed by atoms with Gasteiger partial charge in [0.1, 0.15) is 0 Å². The van der Waals surface area contributed by atoms with Crippen molar-refractivity contribution in [1.29, 1.82) is 0 Å². The number of fused-ring (bicyclic) bond motifs is 7. The molecule has 0 radical (unpaired) electrons. The standard InChI is InChI=1S/C27H44O3/c1-16-7-12-27(29-15-16)17(2)24-23(30-27)14-22-20-6-5-18-13-19(28)8-10-25(18,3)21(20)9-11-26(22,24)4/h16-24,28H,5-15H2,1-4H3/t16-,17+,18-,19+,20-,21+,22+,23+,24+,25+,26-,27-/m1/s1. The first-order valence-corrected chi connectivity index (χ1v) is 13.3. The van der Waals surface area contributed by atoms with Crippen molar-refractivity contribution in [2.45, 2.75) is 110 Å². The third kappa shape index (κ3) is 2.61. The summed E-state index contributed by atoms with van der Waals surface area (Å²) in [6.45, 7) is 10.9. The van der Waals surface area contributed by atoms with Gasteiger partial charge in [-0.2, -0.15) is 0 Å². The molecule has 12 atom stereocenters. The Morgan fingerprint density at radius 3 is 2.40 bits per heavy atom. The van der Waals surface area contributed by atoms with Crippen LogP contribution in [0.15, 0.2) is 0 Å². The van der Waals surface area contributed by atoms with Crippen molar-refractivity contribution >= 4 is 0 Å². The Kier molecular flexibility index (Phi) is 4.58. The number of hydrogen-bond donors (Lipinski definition) is 1. The van der Waals surface area contributed by atoms with Crippen LogP contribution in [0.25, 0.3) is 0 Å². The van der Waals surface area contributed by atoms with Gasteiger partial charge in [-0.3, -0.25) is 0 Å². The zero-order valence-electron chi connectivity index (χ0n) is 19.7. The minimum absolute atomic E-state index is 0.0389. The lowest BCUT2D eigenvalue weighted by Crippen LogP contribution is -2.55.